The maximum absolute atomic E-state index is 11.9. The van der Waals surface area contributed by atoms with Crippen LogP contribution in [0.15, 0.2) is 35.1 Å². The average Bonchev–Trinajstić information content (AvgIpc) is 2.43. The number of aryl methyl sites for hydroxylation is 1. The monoisotopic (exact) mass is 283 g/mol. The third-order valence-electron chi connectivity index (χ3n) is 2.91. The summed E-state index contributed by atoms with van der Waals surface area (Å²) in [6, 6.07) is 11.2. The first-order chi connectivity index (χ1) is 10.0. The molecule has 0 saturated carbocycles. The molecule has 2 rings (SSSR count). The first-order valence-electron chi connectivity index (χ1n) is 6.72. The lowest BCUT2D eigenvalue weighted by Crippen LogP contribution is -2.23. The number of hydrogen-bond acceptors (Lipinski definition) is 4. The van der Waals surface area contributed by atoms with Gasteiger partial charge < -0.3 is 4.74 Å². The Kier molecular flexibility index (Phi) is 4.39. The molecule has 0 bridgehead atoms. The molecule has 21 heavy (non-hydrogen) atoms. The van der Waals surface area contributed by atoms with Crippen molar-refractivity contribution in [3.63, 3.8) is 0 Å². The minimum atomic E-state index is -0.241. The lowest BCUT2D eigenvalue weighted by atomic mass is 10.1. The maximum atomic E-state index is 11.9. The summed E-state index contributed by atoms with van der Waals surface area (Å²) in [6.07, 6.45) is 0.159. The molecule has 0 radical (unpaired) electrons. The van der Waals surface area contributed by atoms with Crippen LogP contribution in [0, 0.1) is 11.3 Å². The molecular formula is C16H17N3O2. The fourth-order valence-electron chi connectivity index (χ4n) is 2.02. The van der Waals surface area contributed by atoms with Crippen molar-refractivity contribution in [3.8, 4) is 23.1 Å². The van der Waals surface area contributed by atoms with Gasteiger partial charge in [0.05, 0.1) is 24.3 Å². The summed E-state index contributed by atoms with van der Waals surface area (Å²) in [6.45, 7) is 3.92. The first kappa shape index (κ1) is 14.8. The summed E-state index contributed by atoms with van der Waals surface area (Å²) in [5.74, 6) is 0.750. The van der Waals surface area contributed by atoms with Gasteiger partial charge in [-0.15, -0.1) is 0 Å². The third kappa shape index (κ3) is 3.48. The molecule has 0 N–H and O–H groups in total. The third-order valence-corrected chi connectivity index (χ3v) is 2.91. The molecule has 0 spiro atoms. The Bertz CT molecular complexity index is 742. The molecule has 5 heteroatoms. The standard InChI is InChI=1S/C16H17N3O2/c1-11(2)21-14-6-4-5-12(9-14)15-10-13(7-8-17)16(20)19(3)18-15/h4-6,9-11H,7H2,1-3H3. The highest BCUT2D eigenvalue weighted by Crippen LogP contribution is 2.23. The summed E-state index contributed by atoms with van der Waals surface area (Å²) < 4.78 is 6.92. The second-order valence-corrected chi connectivity index (χ2v) is 5.01. The normalized spacial score (nSPS) is 10.4. The van der Waals surface area contributed by atoms with Crippen LogP contribution in [0.1, 0.15) is 19.4 Å². The molecule has 108 valence electrons. The Balaban J connectivity index is 2.47. The summed E-state index contributed by atoms with van der Waals surface area (Å²) in [4.78, 5) is 11.9. The van der Waals surface area contributed by atoms with Gasteiger partial charge in [0.25, 0.3) is 5.56 Å². The van der Waals surface area contributed by atoms with E-state index in [1.54, 1.807) is 13.1 Å². The van der Waals surface area contributed by atoms with Crippen molar-refractivity contribution in [3.05, 3.63) is 46.2 Å². The SMILES string of the molecule is CC(C)Oc1cccc(-c2cc(CC#N)c(=O)n(C)n2)c1. The van der Waals surface area contributed by atoms with Gasteiger partial charge in [0, 0.05) is 18.2 Å². The summed E-state index contributed by atoms with van der Waals surface area (Å²) in [7, 11) is 1.58. The van der Waals surface area contributed by atoms with E-state index in [0.29, 0.717) is 11.3 Å². The number of nitrogens with zero attached hydrogens (tertiary/aromatic N) is 3. The summed E-state index contributed by atoms with van der Waals surface area (Å²) in [5.41, 5.74) is 1.70. The quantitative estimate of drug-likeness (QED) is 0.863. The minimum absolute atomic E-state index is 0.0738. The predicted molar refractivity (Wildman–Crippen MR) is 80.0 cm³/mol. The number of hydrogen-bond donors (Lipinski definition) is 0. The van der Waals surface area contributed by atoms with Crippen LogP contribution in [0.25, 0.3) is 11.3 Å². The number of rotatable bonds is 4. The van der Waals surface area contributed by atoms with Gasteiger partial charge in [-0.25, -0.2) is 4.68 Å². The molecule has 2 aromatic rings. The fourth-order valence-corrected chi connectivity index (χ4v) is 2.02. The molecule has 0 saturated heterocycles. The predicted octanol–water partition coefficient (Wildman–Crippen LogP) is 2.30. The van der Waals surface area contributed by atoms with Crippen molar-refractivity contribution in [2.45, 2.75) is 26.4 Å². The molecule has 0 aliphatic rings. The largest absolute Gasteiger partial charge is 0.491 e. The smallest absolute Gasteiger partial charge is 0.270 e. The second kappa shape index (κ2) is 6.23. The van der Waals surface area contributed by atoms with Crippen LogP contribution in [0.3, 0.4) is 0 Å². The summed E-state index contributed by atoms with van der Waals surface area (Å²) >= 11 is 0. The number of aromatic nitrogens is 2. The Labute approximate surface area is 123 Å². The van der Waals surface area contributed by atoms with Gasteiger partial charge in [0.2, 0.25) is 0 Å². The zero-order valence-electron chi connectivity index (χ0n) is 12.3. The van der Waals surface area contributed by atoms with Crippen molar-refractivity contribution >= 4 is 0 Å². The van der Waals surface area contributed by atoms with Crippen molar-refractivity contribution in [1.29, 1.82) is 5.26 Å². The van der Waals surface area contributed by atoms with E-state index < -0.39 is 0 Å². The van der Waals surface area contributed by atoms with Crippen molar-refractivity contribution in [2.75, 3.05) is 0 Å². The average molecular weight is 283 g/mol. The van der Waals surface area contributed by atoms with E-state index in [2.05, 4.69) is 5.10 Å². The van der Waals surface area contributed by atoms with Gasteiger partial charge in [0.1, 0.15) is 5.75 Å². The van der Waals surface area contributed by atoms with Crippen LogP contribution in [-0.2, 0) is 13.5 Å². The highest BCUT2D eigenvalue weighted by Gasteiger charge is 2.09. The number of ether oxygens (including phenoxy) is 1. The molecule has 0 aliphatic heterocycles. The van der Waals surface area contributed by atoms with Gasteiger partial charge in [-0.3, -0.25) is 4.79 Å². The van der Waals surface area contributed by atoms with E-state index in [1.807, 2.05) is 44.2 Å². The highest BCUT2D eigenvalue weighted by molar-refractivity contribution is 5.61. The van der Waals surface area contributed by atoms with Crippen LogP contribution in [0.5, 0.6) is 5.75 Å². The Hall–Kier alpha value is -2.61. The zero-order chi connectivity index (χ0) is 15.4. The van der Waals surface area contributed by atoms with E-state index in [1.165, 1.54) is 4.68 Å². The van der Waals surface area contributed by atoms with Crippen LogP contribution >= 0.6 is 0 Å². The van der Waals surface area contributed by atoms with E-state index >= 15 is 0 Å². The van der Waals surface area contributed by atoms with Gasteiger partial charge in [-0.1, -0.05) is 12.1 Å². The van der Waals surface area contributed by atoms with Crippen LogP contribution < -0.4 is 10.3 Å². The lowest BCUT2D eigenvalue weighted by Gasteiger charge is -2.11. The molecule has 0 fully saturated rings. The molecule has 1 aromatic carbocycles. The zero-order valence-corrected chi connectivity index (χ0v) is 12.3. The molecule has 0 atom stereocenters. The van der Waals surface area contributed by atoms with Gasteiger partial charge in [-0.2, -0.15) is 10.4 Å². The lowest BCUT2D eigenvalue weighted by molar-refractivity contribution is 0.242. The second-order valence-electron chi connectivity index (χ2n) is 5.01. The Morgan fingerprint density at radius 3 is 2.81 bits per heavy atom. The number of nitriles is 1. The molecular weight excluding hydrogens is 266 g/mol. The van der Waals surface area contributed by atoms with E-state index in [4.69, 9.17) is 10.00 Å². The van der Waals surface area contributed by atoms with E-state index in [9.17, 15) is 4.79 Å². The van der Waals surface area contributed by atoms with Crippen molar-refractivity contribution < 1.29 is 4.74 Å². The van der Waals surface area contributed by atoms with Gasteiger partial charge >= 0.3 is 0 Å². The van der Waals surface area contributed by atoms with Gasteiger partial charge in [-0.05, 0) is 32.0 Å². The fraction of sp³-hybridized carbons (Fsp3) is 0.312. The number of benzene rings is 1. The molecule has 1 aromatic heterocycles. The molecule has 5 nitrogen and oxygen atoms in total. The molecule has 0 unspecified atom stereocenters. The van der Waals surface area contributed by atoms with Crippen LogP contribution in [0.4, 0.5) is 0 Å². The highest BCUT2D eigenvalue weighted by atomic mass is 16.5. The Morgan fingerprint density at radius 2 is 2.14 bits per heavy atom. The molecule has 0 aliphatic carbocycles. The maximum Gasteiger partial charge on any atom is 0.270 e. The Morgan fingerprint density at radius 1 is 1.38 bits per heavy atom. The topological polar surface area (TPSA) is 67.9 Å². The van der Waals surface area contributed by atoms with Crippen LogP contribution in [-0.4, -0.2) is 15.9 Å². The molecule has 0 amide bonds. The first-order valence-corrected chi connectivity index (χ1v) is 6.72. The van der Waals surface area contributed by atoms with Crippen LogP contribution in [0.2, 0.25) is 0 Å². The summed E-state index contributed by atoms with van der Waals surface area (Å²) in [5, 5.41) is 13.0. The van der Waals surface area contributed by atoms with E-state index in [0.717, 1.165) is 11.3 Å². The van der Waals surface area contributed by atoms with Gasteiger partial charge in [0.15, 0.2) is 0 Å². The minimum Gasteiger partial charge on any atom is -0.491 e. The van der Waals surface area contributed by atoms with E-state index in [-0.39, 0.29) is 18.1 Å². The molecule has 1 heterocycles. The van der Waals surface area contributed by atoms with Crippen molar-refractivity contribution in [2.24, 2.45) is 7.05 Å². The van der Waals surface area contributed by atoms with Crippen molar-refractivity contribution in [1.82, 2.24) is 9.78 Å².